The van der Waals surface area contributed by atoms with Gasteiger partial charge in [-0.3, -0.25) is 0 Å². The van der Waals surface area contributed by atoms with E-state index in [1.165, 1.54) is 0 Å². The predicted octanol–water partition coefficient (Wildman–Crippen LogP) is 1.52. The number of anilines is 2. The smallest absolute Gasteiger partial charge is 0.338 e. The first kappa shape index (κ1) is 16.3. The normalized spacial score (nSPS) is 11.9. The quantitative estimate of drug-likeness (QED) is 0.555. The fourth-order valence-corrected chi connectivity index (χ4v) is 1.69. The first-order chi connectivity index (χ1) is 9.62. The number of nitrogens with two attached hydrogens (primary N) is 1. The number of ether oxygens (including phenoxy) is 3. The Bertz CT molecular complexity index is 437. The minimum absolute atomic E-state index is 0.0656. The van der Waals surface area contributed by atoms with Crippen molar-refractivity contribution in [2.45, 2.75) is 13.0 Å². The van der Waals surface area contributed by atoms with Crippen molar-refractivity contribution in [2.75, 3.05) is 45.0 Å². The zero-order valence-electron chi connectivity index (χ0n) is 12.1. The molecule has 112 valence electrons. The van der Waals surface area contributed by atoms with Gasteiger partial charge in [0.25, 0.3) is 0 Å². The van der Waals surface area contributed by atoms with Crippen molar-refractivity contribution in [3.63, 3.8) is 0 Å². The lowest BCUT2D eigenvalue weighted by atomic mass is 10.1. The molecule has 0 aliphatic carbocycles. The van der Waals surface area contributed by atoms with Crippen LogP contribution in [0.5, 0.6) is 0 Å². The molecule has 0 bridgehead atoms. The lowest BCUT2D eigenvalue weighted by Crippen LogP contribution is -2.26. The van der Waals surface area contributed by atoms with Gasteiger partial charge in [-0.15, -0.1) is 0 Å². The van der Waals surface area contributed by atoms with Crippen molar-refractivity contribution in [3.05, 3.63) is 23.8 Å². The molecule has 0 aromatic heterocycles. The average Bonchev–Trinajstić information content (AvgIpc) is 2.44. The molecule has 1 atom stereocenters. The fraction of sp³-hybridized carbons (Fsp3) is 0.500. The van der Waals surface area contributed by atoms with Gasteiger partial charge in [0.05, 0.1) is 36.3 Å². The minimum Gasteiger partial charge on any atom is -0.462 e. The van der Waals surface area contributed by atoms with Crippen molar-refractivity contribution in [1.82, 2.24) is 0 Å². The Labute approximate surface area is 119 Å². The Kier molecular flexibility index (Phi) is 6.83. The van der Waals surface area contributed by atoms with E-state index < -0.39 is 0 Å². The Balaban J connectivity index is 2.66. The molecule has 0 amide bonds. The number of nitrogen functional groups attached to an aromatic ring is 1. The summed E-state index contributed by atoms with van der Waals surface area (Å²) in [6.07, 6.45) is -0.0656. The third-order valence-electron chi connectivity index (χ3n) is 2.77. The first-order valence-electron chi connectivity index (χ1n) is 6.44. The van der Waals surface area contributed by atoms with Gasteiger partial charge in [0.1, 0.15) is 0 Å². The van der Waals surface area contributed by atoms with Gasteiger partial charge in [-0.1, -0.05) is 0 Å². The highest BCUT2D eigenvalue weighted by molar-refractivity contribution is 5.91. The highest BCUT2D eigenvalue weighted by Gasteiger charge is 2.11. The average molecular weight is 282 g/mol. The van der Waals surface area contributed by atoms with Crippen LogP contribution in [0.25, 0.3) is 0 Å². The van der Waals surface area contributed by atoms with Gasteiger partial charge in [-0.05, 0) is 25.1 Å². The summed E-state index contributed by atoms with van der Waals surface area (Å²) in [5.41, 5.74) is 7.59. The maximum atomic E-state index is 11.6. The van der Waals surface area contributed by atoms with E-state index in [0.717, 1.165) is 5.69 Å². The number of methoxy groups -OCH3 is 2. The maximum Gasteiger partial charge on any atom is 0.338 e. The molecule has 1 aromatic carbocycles. The van der Waals surface area contributed by atoms with E-state index in [9.17, 15) is 4.79 Å². The Morgan fingerprint density at radius 2 is 2.15 bits per heavy atom. The van der Waals surface area contributed by atoms with Crippen molar-refractivity contribution in [2.24, 2.45) is 0 Å². The van der Waals surface area contributed by atoms with Crippen LogP contribution in [0.2, 0.25) is 0 Å². The van der Waals surface area contributed by atoms with Crippen molar-refractivity contribution < 1.29 is 19.0 Å². The molecule has 0 radical (unpaired) electrons. The summed E-state index contributed by atoms with van der Waals surface area (Å²) in [5, 5.41) is 3.16. The van der Waals surface area contributed by atoms with E-state index in [4.69, 9.17) is 19.9 Å². The van der Waals surface area contributed by atoms with Crippen LogP contribution in [0.3, 0.4) is 0 Å². The predicted molar refractivity (Wildman–Crippen MR) is 78.0 cm³/mol. The van der Waals surface area contributed by atoms with E-state index in [2.05, 4.69) is 5.32 Å². The molecule has 0 spiro atoms. The Morgan fingerprint density at radius 1 is 1.40 bits per heavy atom. The van der Waals surface area contributed by atoms with Gasteiger partial charge >= 0.3 is 5.97 Å². The van der Waals surface area contributed by atoms with Gasteiger partial charge in [0.2, 0.25) is 0 Å². The highest BCUT2D eigenvalue weighted by atomic mass is 16.5. The molecule has 0 aliphatic rings. The lowest BCUT2D eigenvalue weighted by molar-refractivity contribution is 0.0366. The summed E-state index contributed by atoms with van der Waals surface area (Å²) in [5.74, 6) is -0.375. The van der Waals surface area contributed by atoms with E-state index in [1.807, 2.05) is 0 Å². The summed E-state index contributed by atoms with van der Waals surface area (Å²) in [6, 6.07) is 5.02. The molecule has 1 unspecified atom stereocenters. The van der Waals surface area contributed by atoms with Crippen molar-refractivity contribution >= 4 is 17.3 Å². The third-order valence-corrected chi connectivity index (χ3v) is 2.77. The monoisotopic (exact) mass is 282 g/mol. The summed E-state index contributed by atoms with van der Waals surface area (Å²) in [7, 11) is 3.24. The second-order valence-electron chi connectivity index (χ2n) is 4.22. The maximum absolute atomic E-state index is 11.6. The molecule has 1 rings (SSSR count). The van der Waals surface area contributed by atoms with Crippen molar-refractivity contribution in [3.8, 4) is 0 Å². The number of carbonyl (C=O) groups excluding carboxylic acids is 1. The number of benzene rings is 1. The SMILES string of the molecule is CCOC(=O)c1ccc(NCC(COC)OC)c(N)c1. The number of hydrogen-bond acceptors (Lipinski definition) is 6. The number of hydrogen-bond donors (Lipinski definition) is 2. The molecule has 6 heteroatoms. The summed E-state index contributed by atoms with van der Waals surface area (Å²) in [4.78, 5) is 11.6. The zero-order valence-corrected chi connectivity index (χ0v) is 12.1. The zero-order chi connectivity index (χ0) is 15.0. The summed E-state index contributed by atoms with van der Waals surface area (Å²) < 4.78 is 15.2. The topological polar surface area (TPSA) is 82.8 Å². The highest BCUT2D eigenvalue weighted by Crippen LogP contribution is 2.20. The first-order valence-corrected chi connectivity index (χ1v) is 6.44. The molecule has 20 heavy (non-hydrogen) atoms. The molecule has 0 aliphatic heterocycles. The van der Waals surface area contributed by atoms with Crippen LogP contribution in [0.4, 0.5) is 11.4 Å². The largest absolute Gasteiger partial charge is 0.462 e. The van der Waals surface area contributed by atoms with E-state index in [1.54, 1.807) is 39.3 Å². The van der Waals surface area contributed by atoms with Crippen LogP contribution in [0.15, 0.2) is 18.2 Å². The molecule has 0 fully saturated rings. The van der Waals surface area contributed by atoms with Gasteiger partial charge < -0.3 is 25.3 Å². The van der Waals surface area contributed by atoms with Crippen LogP contribution in [0.1, 0.15) is 17.3 Å². The summed E-state index contributed by atoms with van der Waals surface area (Å²) >= 11 is 0. The molecule has 0 heterocycles. The third kappa shape index (κ3) is 4.71. The van der Waals surface area contributed by atoms with E-state index in [0.29, 0.717) is 31.0 Å². The van der Waals surface area contributed by atoms with Gasteiger partial charge in [0.15, 0.2) is 0 Å². The number of rotatable bonds is 8. The Hall–Kier alpha value is -1.79. The fourth-order valence-electron chi connectivity index (χ4n) is 1.69. The van der Waals surface area contributed by atoms with Crippen molar-refractivity contribution in [1.29, 1.82) is 0 Å². The molecular formula is C14H22N2O4. The van der Waals surface area contributed by atoms with Crippen LogP contribution in [-0.4, -0.2) is 46.1 Å². The molecule has 0 saturated heterocycles. The van der Waals surface area contributed by atoms with E-state index >= 15 is 0 Å². The molecular weight excluding hydrogens is 260 g/mol. The van der Waals surface area contributed by atoms with Gasteiger partial charge in [0, 0.05) is 20.8 Å². The van der Waals surface area contributed by atoms with Crippen LogP contribution in [-0.2, 0) is 14.2 Å². The van der Waals surface area contributed by atoms with Gasteiger partial charge in [-0.2, -0.15) is 0 Å². The molecule has 1 aromatic rings. The molecule has 0 saturated carbocycles. The molecule has 3 N–H and O–H groups in total. The minimum atomic E-state index is -0.375. The number of esters is 1. The van der Waals surface area contributed by atoms with Crippen LogP contribution >= 0.6 is 0 Å². The second-order valence-corrected chi connectivity index (χ2v) is 4.22. The standard InChI is InChI=1S/C14H22N2O4/c1-4-20-14(17)10-5-6-13(12(15)7-10)16-8-11(19-3)9-18-2/h5-7,11,16H,4,8-9,15H2,1-3H3. The summed E-state index contributed by atoms with van der Waals surface area (Å²) in [6.45, 7) is 3.15. The van der Waals surface area contributed by atoms with Crippen LogP contribution < -0.4 is 11.1 Å². The number of carbonyl (C=O) groups is 1. The van der Waals surface area contributed by atoms with Gasteiger partial charge in [-0.25, -0.2) is 4.79 Å². The molecule has 6 nitrogen and oxygen atoms in total. The van der Waals surface area contributed by atoms with E-state index in [-0.39, 0.29) is 12.1 Å². The number of nitrogens with one attached hydrogen (secondary N) is 1. The second kappa shape index (κ2) is 8.39. The van der Waals surface area contributed by atoms with Crippen LogP contribution in [0, 0.1) is 0 Å². The Morgan fingerprint density at radius 3 is 2.70 bits per heavy atom. The lowest BCUT2D eigenvalue weighted by Gasteiger charge is -2.17.